The largest absolute Gasteiger partial charge is 0.378 e. The molecule has 29 heavy (non-hydrogen) atoms. The van der Waals surface area contributed by atoms with E-state index in [0.717, 1.165) is 16.0 Å². The van der Waals surface area contributed by atoms with Crippen molar-refractivity contribution in [2.24, 2.45) is 0 Å². The molecule has 6 nitrogen and oxygen atoms in total. The van der Waals surface area contributed by atoms with E-state index in [0.29, 0.717) is 44.0 Å². The summed E-state index contributed by atoms with van der Waals surface area (Å²) >= 11 is 1.43. The van der Waals surface area contributed by atoms with Crippen LogP contribution in [0.4, 0.5) is 5.69 Å². The molecule has 0 aromatic heterocycles. The Morgan fingerprint density at radius 3 is 2.59 bits per heavy atom. The van der Waals surface area contributed by atoms with Gasteiger partial charge >= 0.3 is 0 Å². The fourth-order valence-electron chi connectivity index (χ4n) is 3.32. The van der Waals surface area contributed by atoms with Gasteiger partial charge in [0.15, 0.2) is 0 Å². The van der Waals surface area contributed by atoms with E-state index in [1.54, 1.807) is 17.0 Å². The van der Waals surface area contributed by atoms with Crippen LogP contribution < -0.4 is 4.72 Å². The number of ether oxygens (including phenoxy) is 1. The number of carbonyl (C=O) groups excluding carboxylic acids is 1. The lowest BCUT2D eigenvalue weighted by Crippen LogP contribution is -2.41. The number of benzene rings is 2. The molecule has 8 heteroatoms. The van der Waals surface area contributed by atoms with Gasteiger partial charge < -0.3 is 9.64 Å². The van der Waals surface area contributed by atoms with E-state index in [1.165, 1.54) is 17.8 Å². The van der Waals surface area contributed by atoms with Crippen LogP contribution in [-0.2, 0) is 21.2 Å². The van der Waals surface area contributed by atoms with Crippen LogP contribution in [0.2, 0.25) is 0 Å². The summed E-state index contributed by atoms with van der Waals surface area (Å²) in [6, 6.07) is 10.4. The van der Waals surface area contributed by atoms with Crippen LogP contribution in [0, 0.1) is 6.92 Å². The van der Waals surface area contributed by atoms with Gasteiger partial charge in [0.05, 0.1) is 29.4 Å². The molecule has 1 fully saturated rings. The van der Waals surface area contributed by atoms with Crippen molar-refractivity contribution in [3.05, 3.63) is 53.1 Å². The van der Waals surface area contributed by atoms with Crippen LogP contribution in [0.15, 0.2) is 46.2 Å². The second-order valence-corrected chi connectivity index (χ2v) is 9.37. The van der Waals surface area contributed by atoms with Gasteiger partial charge in [-0.15, -0.1) is 11.8 Å². The highest BCUT2D eigenvalue weighted by atomic mass is 32.2. The van der Waals surface area contributed by atoms with Gasteiger partial charge in [-0.1, -0.05) is 25.1 Å². The lowest BCUT2D eigenvalue weighted by molar-refractivity contribution is 0.0300. The van der Waals surface area contributed by atoms with E-state index in [2.05, 4.69) is 4.72 Å². The number of rotatable bonds is 6. The first-order valence-electron chi connectivity index (χ1n) is 9.53. The van der Waals surface area contributed by atoms with Crippen LogP contribution in [0.1, 0.15) is 28.4 Å². The number of aryl methyl sites for hydroxylation is 2. The third-order valence-corrected chi connectivity index (χ3v) is 7.13. The molecule has 1 saturated heterocycles. The van der Waals surface area contributed by atoms with Crippen LogP contribution in [-0.4, -0.2) is 51.8 Å². The summed E-state index contributed by atoms with van der Waals surface area (Å²) in [5.74, 6) is -0.167. The zero-order valence-corrected chi connectivity index (χ0v) is 18.5. The van der Waals surface area contributed by atoms with Gasteiger partial charge in [0, 0.05) is 18.0 Å². The monoisotopic (exact) mass is 434 g/mol. The van der Waals surface area contributed by atoms with Gasteiger partial charge in [-0.25, -0.2) is 8.42 Å². The number of hydrogen-bond acceptors (Lipinski definition) is 5. The highest BCUT2D eigenvalue weighted by Crippen LogP contribution is 2.28. The summed E-state index contributed by atoms with van der Waals surface area (Å²) in [4.78, 5) is 15.6. The van der Waals surface area contributed by atoms with Crippen LogP contribution >= 0.6 is 11.8 Å². The van der Waals surface area contributed by atoms with Crippen LogP contribution in [0.5, 0.6) is 0 Å². The van der Waals surface area contributed by atoms with Crippen molar-refractivity contribution >= 4 is 33.4 Å². The molecule has 2 aromatic rings. The van der Waals surface area contributed by atoms with Crippen molar-refractivity contribution in [2.45, 2.75) is 30.1 Å². The molecule has 0 radical (unpaired) electrons. The standard InChI is InChI=1S/C21H26N2O4S2/c1-4-16-7-5-6-15(2)20(16)22-29(25,26)17-8-9-19(28-3)18(14-17)21(24)23-10-12-27-13-11-23/h5-9,14,22H,4,10-13H2,1-3H3. The minimum atomic E-state index is -3.83. The molecule has 1 aliphatic heterocycles. The minimum absolute atomic E-state index is 0.0808. The molecule has 0 unspecified atom stereocenters. The van der Waals surface area contributed by atoms with Crippen molar-refractivity contribution in [2.75, 3.05) is 37.3 Å². The summed E-state index contributed by atoms with van der Waals surface area (Å²) in [5, 5.41) is 0. The van der Waals surface area contributed by atoms with Gasteiger partial charge in [-0.3, -0.25) is 9.52 Å². The van der Waals surface area contributed by atoms with Gasteiger partial charge in [0.2, 0.25) is 0 Å². The smallest absolute Gasteiger partial charge is 0.261 e. The molecule has 0 atom stereocenters. The van der Waals surface area contributed by atoms with Crippen molar-refractivity contribution in [3.63, 3.8) is 0 Å². The minimum Gasteiger partial charge on any atom is -0.378 e. The number of sulfonamides is 1. The van der Waals surface area contributed by atoms with E-state index in [9.17, 15) is 13.2 Å². The molecule has 1 N–H and O–H groups in total. The molecule has 0 bridgehead atoms. The summed E-state index contributed by atoms with van der Waals surface area (Å²) in [7, 11) is -3.83. The highest BCUT2D eigenvalue weighted by molar-refractivity contribution is 7.98. The molecule has 1 amide bonds. The van der Waals surface area contributed by atoms with E-state index in [4.69, 9.17) is 4.74 Å². The Bertz CT molecular complexity index is 1000. The van der Waals surface area contributed by atoms with Crippen LogP contribution in [0.3, 0.4) is 0 Å². The Balaban J connectivity index is 1.97. The first-order chi connectivity index (χ1) is 13.9. The third kappa shape index (κ3) is 4.76. The predicted molar refractivity (Wildman–Crippen MR) is 116 cm³/mol. The van der Waals surface area contributed by atoms with Gasteiger partial charge in [0.1, 0.15) is 0 Å². The highest BCUT2D eigenvalue weighted by Gasteiger charge is 2.24. The quantitative estimate of drug-likeness (QED) is 0.704. The maximum Gasteiger partial charge on any atom is 0.261 e. The number of thioether (sulfide) groups is 1. The maximum absolute atomic E-state index is 13.1. The number of carbonyl (C=O) groups is 1. The third-order valence-electron chi connectivity index (χ3n) is 4.99. The molecule has 156 valence electrons. The first-order valence-corrected chi connectivity index (χ1v) is 12.2. The average Bonchev–Trinajstić information content (AvgIpc) is 2.74. The van der Waals surface area contributed by atoms with E-state index < -0.39 is 10.0 Å². The summed E-state index contributed by atoms with van der Waals surface area (Å²) in [6.07, 6.45) is 2.59. The van der Waals surface area contributed by atoms with Crippen molar-refractivity contribution in [1.82, 2.24) is 4.90 Å². The summed E-state index contributed by atoms with van der Waals surface area (Å²) in [6.45, 7) is 5.86. The molecule has 0 aliphatic carbocycles. The zero-order valence-electron chi connectivity index (χ0n) is 16.9. The normalized spacial score (nSPS) is 14.7. The molecule has 3 rings (SSSR count). The number of amides is 1. The van der Waals surface area contributed by atoms with Crippen molar-refractivity contribution in [1.29, 1.82) is 0 Å². The molecular formula is C21H26N2O4S2. The van der Waals surface area contributed by atoms with Gasteiger partial charge in [-0.05, 0) is 48.9 Å². The number of hydrogen-bond donors (Lipinski definition) is 1. The Morgan fingerprint density at radius 1 is 1.21 bits per heavy atom. The predicted octanol–water partition coefficient (Wildman–Crippen LogP) is 3.55. The fourth-order valence-corrected chi connectivity index (χ4v) is 5.09. The van der Waals surface area contributed by atoms with E-state index in [-0.39, 0.29) is 10.8 Å². The Labute approximate surface area is 176 Å². The van der Waals surface area contributed by atoms with Gasteiger partial charge in [-0.2, -0.15) is 0 Å². The molecule has 1 aliphatic rings. The molecular weight excluding hydrogens is 408 g/mol. The number of nitrogens with one attached hydrogen (secondary N) is 1. The first kappa shape index (κ1) is 21.7. The van der Waals surface area contributed by atoms with Crippen molar-refractivity contribution in [3.8, 4) is 0 Å². The summed E-state index contributed by atoms with van der Waals surface area (Å²) in [5.41, 5.74) is 2.80. The maximum atomic E-state index is 13.1. The molecule has 0 saturated carbocycles. The van der Waals surface area contributed by atoms with Crippen molar-refractivity contribution < 1.29 is 17.9 Å². The number of para-hydroxylation sites is 1. The lowest BCUT2D eigenvalue weighted by Gasteiger charge is -2.27. The fraction of sp³-hybridized carbons (Fsp3) is 0.381. The Kier molecular flexibility index (Phi) is 6.87. The number of nitrogens with zero attached hydrogens (tertiary/aromatic N) is 1. The number of anilines is 1. The number of morpholine rings is 1. The SMILES string of the molecule is CCc1cccc(C)c1NS(=O)(=O)c1ccc(SC)c(C(=O)N2CCOCC2)c1. The zero-order chi connectivity index (χ0) is 21.0. The lowest BCUT2D eigenvalue weighted by atomic mass is 10.1. The Hall–Kier alpha value is -2.03. The van der Waals surface area contributed by atoms with Crippen LogP contribution in [0.25, 0.3) is 0 Å². The second-order valence-electron chi connectivity index (χ2n) is 6.83. The molecule has 0 spiro atoms. The molecule has 2 aromatic carbocycles. The van der Waals surface area contributed by atoms with E-state index in [1.807, 2.05) is 38.3 Å². The molecule has 1 heterocycles. The van der Waals surface area contributed by atoms with Gasteiger partial charge in [0.25, 0.3) is 15.9 Å². The topological polar surface area (TPSA) is 75.7 Å². The second kappa shape index (κ2) is 9.19. The van der Waals surface area contributed by atoms with E-state index >= 15 is 0 Å². The summed E-state index contributed by atoms with van der Waals surface area (Å²) < 4.78 is 34.3. The average molecular weight is 435 g/mol. The Morgan fingerprint density at radius 2 is 1.93 bits per heavy atom.